The summed E-state index contributed by atoms with van der Waals surface area (Å²) in [4.78, 5) is 10.5. The van der Waals surface area contributed by atoms with E-state index in [1.54, 1.807) is 0 Å². The summed E-state index contributed by atoms with van der Waals surface area (Å²) in [5.41, 5.74) is 1.97. The molecule has 1 atom stereocenters. The number of carbonyl (C=O) groups is 1. The van der Waals surface area contributed by atoms with Gasteiger partial charge in [0.1, 0.15) is 6.29 Å². The Labute approximate surface area is 95.4 Å². The molecule has 3 nitrogen and oxygen atoms in total. The average Bonchev–Trinajstić information content (AvgIpc) is 2.51. The summed E-state index contributed by atoms with van der Waals surface area (Å²) < 4.78 is 1.82. The fourth-order valence-corrected chi connectivity index (χ4v) is 1.91. The first kappa shape index (κ1) is 12.2. The van der Waals surface area contributed by atoms with Gasteiger partial charge in [-0.25, -0.2) is 0 Å². The third-order valence-corrected chi connectivity index (χ3v) is 3.01. The van der Waals surface area contributed by atoms with Crippen LogP contribution in [0.5, 0.6) is 0 Å². The van der Waals surface area contributed by atoms with Crippen LogP contribution in [0.1, 0.15) is 31.7 Å². The van der Waals surface area contributed by atoms with Gasteiger partial charge < -0.3 is 4.79 Å². The Bertz CT molecular complexity index is 347. The van der Waals surface area contributed by atoms with E-state index in [-0.39, 0.29) is 5.92 Å². The number of hydrogen-bond acceptors (Lipinski definition) is 2. The SMILES string of the molecule is CCc1nn(C)c(CCC(C)C=O)c1Cl. The molecule has 0 amide bonds. The summed E-state index contributed by atoms with van der Waals surface area (Å²) >= 11 is 6.18. The van der Waals surface area contributed by atoms with Crippen molar-refractivity contribution in [1.82, 2.24) is 9.78 Å². The Kier molecular flexibility index (Phi) is 4.33. The molecule has 0 aromatic carbocycles. The Morgan fingerprint density at radius 3 is 2.73 bits per heavy atom. The van der Waals surface area contributed by atoms with Gasteiger partial charge in [0.15, 0.2) is 0 Å². The molecule has 0 spiro atoms. The van der Waals surface area contributed by atoms with Crippen molar-refractivity contribution < 1.29 is 4.79 Å². The first-order valence-electron chi connectivity index (χ1n) is 5.25. The van der Waals surface area contributed by atoms with Crippen LogP contribution in [0, 0.1) is 5.92 Å². The van der Waals surface area contributed by atoms with Crippen LogP contribution >= 0.6 is 11.6 Å². The normalized spacial score (nSPS) is 12.8. The third-order valence-electron chi connectivity index (χ3n) is 2.57. The number of aryl methyl sites for hydroxylation is 2. The first-order valence-corrected chi connectivity index (χ1v) is 5.63. The molecule has 0 N–H and O–H groups in total. The number of aromatic nitrogens is 2. The standard InChI is InChI=1S/C11H17ClN2O/c1-4-9-11(12)10(14(3)13-9)6-5-8(2)7-15/h7-8H,4-6H2,1-3H3. The molecular formula is C11H17ClN2O. The summed E-state index contributed by atoms with van der Waals surface area (Å²) in [6.07, 6.45) is 3.45. The molecule has 1 aromatic heterocycles. The van der Waals surface area contributed by atoms with Crippen LogP contribution in [0.25, 0.3) is 0 Å². The molecule has 84 valence electrons. The average molecular weight is 229 g/mol. The zero-order valence-electron chi connectivity index (χ0n) is 9.46. The lowest BCUT2D eigenvalue weighted by atomic mass is 10.1. The maximum atomic E-state index is 10.5. The monoisotopic (exact) mass is 228 g/mol. The van der Waals surface area contributed by atoms with Gasteiger partial charge in [0.25, 0.3) is 0 Å². The summed E-state index contributed by atoms with van der Waals surface area (Å²) in [7, 11) is 1.89. The fraction of sp³-hybridized carbons (Fsp3) is 0.636. The van der Waals surface area contributed by atoms with E-state index >= 15 is 0 Å². The second kappa shape index (κ2) is 5.31. The number of halogens is 1. The van der Waals surface area contributed by atoms with Gasteiger partial charge in [-0.05, 0) is 19.3 Å². The molecule has 4 heteroatoms. The zero-order chi connectivity index (χ0) is 11.4. The molecule has 0 bridgehead atoms. The summed E-state index contributed by atoms with van der Waals surface area (Å²) in [5, 5.41) is 5.09. The van der Waals surface area contributed by atoms with E-state index in [4.69, 9.17) is 11.6 Å². The molecule has 0 fully saturated rings. The van der Waals surface area contributed by atoms with Gasteiger partial charge in [-0.15, -0.1) is 0 Å². The minimum atomic E-state index is 0.0843. The Balaban J connectivity index is 2.76. The van der Waals surface area contributed by atoms with E-state index in [1.165, 1.54) is 0 Å². The third kappa shape index (κ3) is 2.81. The number of carbonyl (C=O) groups excluding carboxylic acids is 1. The molecule has 0 aliphatic heterocycles. The smallest absolute Gasteiger partial charge is 0.122 e. The molecule has 0 aliphatic rings. The van der Waals surface area contributed by atoms with Gasteiger partial charge in [0.05, 0.1) is 16.4 Å². The van der Waals surface area contributed by atoms with Gasteiger partial charge in [-0.3, -0.25) is 4.68 Å². The number of hydrogen-bond donors (Lipinski definition) is 0. The first-order chi connectivity index (χ1) is 7.10. The highest BCUT2D eigenvalue weighted by Gasteiger charge is 2.13. The van der Waals surface area contributed by atoms with Crippen molar-refractivity contribution in [1.29, 1.82) is 0 Å². The minimum Gasteiger partial charge on any atom is -0.303 e. The van der Waals surface area contributed by atoms with E-state index in [0.717, 1.165) is 42.0 Å². The van der Waals surface area contributed by atoms with Crippen molar-refractivity contribution in [3.63, 3.8) is 0 Å². The van der Waals surface area contributed by atoms with Gasteiger partial charge >= 0.3 is 0 Å². The van der Waals surface area contributed by atoms with Crippen molar-refractivity contribution >= 4 is 17.9 Å². The molecular weight excluding hydrogens is 212 g/mol. The summed E-state index contributed by atoms with van der Waals surface area (Å²) in [5.74, 6) is 0.0843. The van der Waals surface area contributed by atoms with Crippen LogP contribution in [0.4, 0.5) is 0 Å². The van der Waals surface area contributed by atoms with Crippen molar-refractivity contribution in [3.8, 4) is 0 Å². The van der Waals surface area contributed by atoms with Crippen LogP contribution in [-0.2, 0) is 24.7 Å². The summed E-state index contributed by atoms with van der Waals surface area (Å²) in [6, 6.07) is 0. The zero-order valence-corrected chi connectivity index (χ0v) is 10.2. The highest BCUT2D eigenvalue weighted by atomic mass is 35.5. The highest BCUT2D eigenvalue weighted by Crippen LogP contribution is 2.22. The van der Waals surface area contributed by atoms with Crippen molar-refractivity contribution in [2.24, 2.45) is 13.0 Å². The Morgan fingerprint density at radius 2 is 2.27 bits per heavy atom. The van der Waals surface area contributed by atoms with Crippen LogP contribution in [0.2, 0.25) is 5.02 Å². The molecule has 1 aromatic rings. The quantitative estimate of drug-likeness (QED) is 0.726. The molecule has 15 heavy (non-hydrogen) atoms. The van der Waals surface area contributed by atoms with Gasteiger partial charge in [-0.1, -0.05) is 25.4 Å². The molecule has 0 aliphatic carbocycles. The van der Waals surface area contributed by atoms with Crippen molar-refractivity contribution in [2.75, 3.05) is 0 Å². The highest BCUT2D eigenvalue weighted by molar-refractivity contribution is 6.31. The maximum absolute atomic E-state index is 10.5. The van der Waals surface area contributed by atoms with Crippen LogP contribution in [0.15, 0.2) is 0 Å². The van der Waals surface area contributed by atoms with Crippen molar-refractivity contribution in [2.45, 2.75) is 33.1 Å². The van der Waals surface area contributed by atoms with Crippen LogP contribution < -0.4 is 0 Å². The number of nitrogens with zero attached hydrogens (tertiary/aromatic N) is 2. The van der Waals surface area contributed by atoms with E-state index in [0.29, 0.717) is 0 Å². The second-order valence-electron chi connectivity index (χ2n) is 3.84. The van der Waals surface area contributed by atoms with Gasteiger partial charge in [0, 0.05) is 13.0 Å². The molecule has 1 heterocycles. The van der Waals surface area contributed by atoms with Gasteiger partial charge in [-0.2, -0.15) is 5.10 Å². The molecule has 0 saturated carbocycles. The van der Waals surface area contributed by atoms with Crippen LogP contribution in [0.3, 0.4) is 0 Å². The molecule has 1 rings (SSSR count). The van der Waals surface area contributed by atoms with E-state index < -0.39 is 0 Å². The number of aldehydes is 1. The van der Waals surface area contributed by atoms with Crippen LogP contribution in [-0.4, -0.2) is 16.1 Å². The maximum Gasteiger partial charge on any atom is 0.122 e. The molecule has 1 unspecified atom stereocenters. The predicted octanol–water partition coefficient (Wildman–Crippen LogP) is 2.40. The Morgan fingerprint density at radius 1 is 1.60 bits per heavy atom. The lowest BCUT2D eigenvalue weighted by molar-refractivity contribution is -0.110. The lowest BCUT2D eigenvalue weighted by Crippen LogP contribution is -2.03. The minimum absolute atomic E-state index is 0.0843. The van der Waals surface area contributed by atoms with E-state index in [1.807, 2.05) is 25.6 Å². The Hall–Kier alpha value is -0.830. The fourth-order valence-electron chi connectivity index (χ4n) is 1.52. The van der Waals surface area contributed by atoms with Gasteiger partial charge in [0.2, 0.25) is 0 Å². The van der Waals surface area contributed by atoms with E-state index in [9.17, 15) is 4.79 Å². The molecule has 0 radical (unpaired) electrons. The largest absolute Gasteiger partial charge is 0.303 e. The summed E-state index contributed by atoms with van der Waals surface area (Å²) in [6.45, 7) is 3.95. The number of rotatable bonds is 5. The molecule has 0 saturated heterocycles. The second-order valence-corrected chi connectivity index (χ2v) is 4.21. The van der Waals surface area contributed by atoms with E-state index in [2.05, 4.69) is 5.10 Å². The predicted molar refractivity (Wildman–Crippen MR) is 61.1 cm³/mol. The lowest BCUT2D eigenvalue weighted by Gasteiger charge is -2.04. The topological polar surface area (TPSA) is 34.9 Å². The van der Waals surface area contributed by atoms with Crippen molar-refractivity contribution in [3.05, 3.63) is 16.4 Å².